The topological polar surface area (TPSA) is 98.3 Å². The van der Waals surface area contributed by atoms with E-state index in [0.717, 1.165) is 5.39 Å². The molecule has 1 radical (unpaired) electrons. The van der Waals surface area contributed by atoms with Crippen molar-refractivity contribution in [2.45, 2.75) is 0 Å². The second-order valence-electron chi connectivity index (χ2n) is 3.06. The molecule has 0 atom stereocenters. The summed E-state index contributed by atoms with van der Waals surface area (Å²) in [6, 6.07) is 12.3. The standard InChI is InChI=1S/C10H9O4P.Na.H2O/c11-15(12,13)14-10-7-3-5-8-4-1-2-6-9(8)10;;/h1-7H,(H2,11,12,13);;1H2. The molecule has 17 heavy (non-hydrogen) atoms. The van der Waals surface area contributed by atoms with Crippen molar-refractivity contribution in [2.75, 3.05) is 0 Å². The molecule has 0 spiro atoms. The van der Waals surface area contributed by atoms with E-state index in [1.807, 2.05) is 18.2 Å². The molecule has 0 amide bonds. The molecular weight excluding hydrogens is 254 g/mol. The maximum atomic E-state index is 10.7. The van der Waals surface area contributed by atoms with Crippen molar-refractivity contribution >= 4 is 48.2 Å². The smallest absolute Gasteiger partial charge is 0.412 e. The molecule has 0 aromatic heterocycles. The summed E-state index contributed by atoms with van der Waals surface area (Å²) >= 11 is 0. The van der Waals surface area contributed by atoms with Gasteiger partial charge in [0.1, 0.15) is 5.75 Å². The molecule has 0 aliphatic carbocycles. The van der Waals surface area contributed by atoms with E-state index in [1.165, 1.54) is 6.07 Å². The van der Waals surface area contributed by atoms with Gasteiger partial charge in [0.2, 0.25) is 0 Å². The monoisotopic (exact) mass is 265 g/mol. The van der Waals surface area contributed by atoms with Gasteiger partial charge in [0.25, 0.3) is 0 Å². The summed E-state index contributed by atoms with van der Waals surface area (Å²) in [7, 11) is -4.49. The van der Waals surface area contributed by atoms with Crippen molar-refractivity contribution in [3.05, 3.63) is 42.5 Å². The van der Waals surface area contributed by atoms with Gasteiger partial charge < -0.3 is 10.00 Å². The minimum absolute atomic E-state index is 0. The Balaban J connectivity index is 0.00000128. The fourth-order valence-electron chi connectivity index (χ4n) is 1.40. The zero-order valence-electron chi connectivity index (χ0n) is 9.20. The number of fused-ring (bicyclic) bond motifs is 1. The van der Waals surface area contributed by atoms with E-state index in [4.69, 9.17) is 9.79 Å². The summed E-state index contributed by atoms with van der Waals surface area (Å²) in [6.07, 6.45) is 0. The van der Waals surface area contributed by atoms with Gasteiger partial charge in [-0.25, -0.2) is 4.57 Å². The zero-order chi connectivity index (χ0) is 10.9. The van der Waals surface area contributed by atoms with Gasteiger partial charge in [-0.1, -0.05) is 36.4 Å². The second kappa shape index (κ2) is 6.52. The van der Waals surface area contributed by atoms with Gasteiger partial charge in [0.05, 0.1) is 0 Å². The van der Waals surface area contributed by atoms with Crippen molar-refractivity contribution in [3.8, 4) is 5.75 Å². The third-order valence-electron chi connectivity index (χ3n) is 1.97. The SMILES string of the molecule is O.O=P(O)(O)Oc1cccc2ccccc12.[Na]. The van der Waals surface area contributed by atoms with Gasteiger partial charge in [0, 0.05) is 34.9 Å². The van der Waals surface area contributed by atoms with Crippen molar-refractivity contribution < 1.29 is 24.4 Å². The second-order valence-corrected chi connectivity index (χ2v) is 4.22. The van der Waals surface area contributed by atoms with E-state index in [-0.39, 0.29) is 40.8 Å². The van der Waals surface area contributed by atoms with Gasteiger partial charge in [-0.05, 0) is 11.5 Å². The Morgan fingerprint density at radius 3 is 2.24 bits per heavy atom. The molecule has 0 unspecified atom stereocenters. The van der Waals surface area contributed by atoms with Crippen LogP contribution in [0.3, 0.4) is 0 Å². The quantitative estimate of drug-likeness (QED) is 0.627. The van der Waals surface area contributed by atoms with Crippen LogP contribution in [0.5, 0.6) is 5.75 Å². The van der Waals surface area contributed by atoms with Crippen LogP contribution in [-0.2, 0) is 4.57 Å². The number of hydrogen-bond acceptors (Lipinski definition) is 2. The maximum Gasteiger partial charge on any atom is 0.524 e. The summed E-state index contributed by atoms with van der Waals surface area (Å²) in [5, 5.41) is 1.56. The van der Waals surface area contributed by atoms with E-state index in [9.17, 15) is 4.57 Å². The predicted molar refractivity (Wildman–Crippen MR) is 66.0 cm³/mol. The third-order valence-corrected chi connectivity index (χ3v) is 2.40. The first-order valence-electron chi connectivity index (χ1n) is 4.29. The van der Waals surface area contributed by atoms with Crippen LogP contribution in [0.1, 0.15) is 0 Å². The third kappa shape index (κ3) is 4.41. The van der Waals surface area contributed by atoms with Gasteiger partial charge >= 0.3 is 7.82 Å². The summed E-state index contributed by atoms with van der Waals surface area (Å²) in [6.45, 7) is 0. The molecular formula is C10H11NaO5P. The first kappa shape index (κ1) is 16.6. The number of hydrogen-bond donors (Lipinski definition) is 2. The van der Waals surface area contributed by atoms with E-state index in [2.05, 4.69) is 4.52 Å². The number of benzene rings is 2. The van der Waals surface area contributed by atoms with Crippen molar-refractivity contribution in [2.24, 2.45) is 0 Å². The Kier molecular flexibility index (Phi) is 6.37. The van der Waals surface area contributed by atoms with Gasteiger partial charge in [-0.15, -0.1) is 0 Å². The minimum atomic E-state index is -4.49. The number of rotatable bonds is 2. The Labute approximate surface area is 120 Å². The molecule has 0 bridgehead atoms. The number of phosphoric acid groups is 1. The summed E-state index contributed by atoms with van der Waals surface area (Å²) < 4.78 is 15.3. The van der Waals surface area contributed by atoms with E-state index in [1.54, 1.807) is 18.2 Å². The molecule has 0 aliphatic heterocycles. The summed E-state index contributed by atoms with van der Waals surface area (Å²) in [4.78, 5) is 17.4. The van der Waals surface area contributed by atoms with Crippen LogP contribution in [-0.4, -0.2) is 44.8 Å². The molecule has 4 N–H and O–H groups in total. The summed E-state index contributed by atoms with van der Waals surface area (Å²) in [5.41, 5.74) is 0. The fourth-order valence-corrected chi connectivity index (χ4v) is 1.82. The van der Waals surface area contributed by atoms with E-state index < -0.39 is 7.82 Å². The van der Waals surface area contributed by atoms with Gasteiger partial charge in [-0.2, -0.15) is 0 Å². The van der Waals surface area contributed by atoms with Crippen LogP contribution in [0.4, 0.5) is 0 Å². The fraction of sp³-hybridized carbons (Fsp3) is 0. The normalized spacial score (nSPS) is 10.2. The molecule has 7 heteroatoms. The van der Waals surface area contributed by atoms with Crippen LogP contribution in [0.25, 0.3) is 10.8 Å². The molecule has 0 fully saturated rings. The Hall–Kier alpha value is -0.390. The van der Waals surface area contributed by atoms with Crippen molar-refractivity contribution in [1.82, 2.24) is 0 Å². The largest absolute Gasteiger partial charge is 0.524 e. The maximum absolute atomic E-state index is 10.7. The molecule has 0 heterocycles. The predicted octanol–water partition coefficient (Wildman–Crippen LogP) is 1.11. The van der Waals surface area contributed by atoms with Crippen LogP contribution in [0.15, 0.2) is 42.5 Å². The Morgan fingerprint density at radius 1 is 1.00 bits per heavy atom. The first-order valence-corrected chi connectivity index (χ1v) is 5.82. The van der Waals surface area contributed by atoms with Crippen LogP contribution in [0.2, 0.25) is 0 Å². The minimum Gasteiger partial charge on any atom is -0.412 e. The molecule has 87 valence electrons. The number of phosphoric ester groups is 1. The van der Waals surface area contributed by atoms with Gasteiger partial charge in [-0.3, -0.25) is 9.79 Å². The summed E-state index contributed by atoms with van der Waals surface area (Å²) in [5.74, 6) is 0.196. The molecule has 2 rings (SSSR count). The van der Waals surface area contributed by atoms with Crippen molar-refractivity contribution in [1.29, 1.82) is 0 Å². The average Bonchev–Trinajstić information content (AvgIpc) is 2.16. The molecule has 0 aliphatic rings. The molecule has 2 aromatic rings. The molecule has 0 saturated carbocycles. The zero-order valence-corrected chi connectivity index (χ0v) is 12.1. The van der Waals surface area contributed by atoms with Crippen molar-refractivity contribution in [3.63, 3.8) is 0 Å². The molecule has 0 saturated heterocycles. The first-order chi connectivity index (χ1) is 7.06. The average molecular weight is 265 g/mol. The van der Waals surface area contributed by atoms with Crippen LogP contribution in [0, 0.1) is 0 Å². The Morgan fingerprint density at radius 2 is 1.59 bits per heavy atom. The van der Waals surface area contributed by atoms with E-state index >= 15 is 0 Å². The van der Waals surface area contributed by atoms with Crippen LogP contribution < -0.4 is 4.52 Å². The Bertz CT molecular complexity index is 534. The molecule has 5 nitrogen and oxygen atoms in total. The molecule has 2 aromatic carbocycles. The van der Waals surface area contributed by atoms with Gasteiger partial charge in [0.15, 0.2) is 0 Å². The van der Waals surface area contributed by atoms with Crippen LogP contribution >= 0.6 is 7.82 Å². The van der Waals surface area contributed by atoms with E-state index in [0.29, 0.717) is 5.39 Å².